The van der Waals surface area contributed by atoms with Crippen molar-refractivity contribution in [3.8, 4) is 11.5 Å². The molecule has 0 fully saturated rings. The second-order valence-corrected chi connectivity index (χ2v) is 4.27. The molecule has 0 saturated carbocycles. The summed E-state index contributed by atoms with van der Waals surface area (Å²) in [4.78, 5) is 0. The lowest BCUT2D eigenvalue weighted by Gasteiger charge is -2.08. The Bertz CT molecular complexity index is 321. The molecule has 0 unspecified atom stereocenters. The van der Waals surface area contributed by atoms with Gasteiger partial charge in [-0.1, -0.05) is 25.4 Å². The van der Waals surface area contributed by atoms with E-state index in [1.807, 2.05) is 0 Å². The highest BCUT2D eigenvalue weighted by Crippen LogP contribution is 2.31. The maximum Gasteiger partial charge on any atom is 0.137 e. The van der Waals surface area contributed by atoms with Crippen LogP contribution in [-0.4, -0.2) is 10.2 Å². The summed E-state index contributed by atoms with van der Waals surface area (Å²) in [6.45, 7) is 4.25. The van der Waals surface area contributed by atoms with Crippen LogP contribution in [0.5, 0.6) is 11.5 Å². The van der Waals surface area contributed by atoms with Gasteiger partial charge in [-0.15, -0.1) is 0 Å². The van der Waals surface area contributed by atoms with Gasteiger partial charge in [-0.2, -0.15) is 0 Å². The average Bonchev–Trinajstić information content (AvgIpc) is 2.09. The number of phenols is 2. The van der Waals surface area contributed by atoms with Crippen molar-refractivity contribution in [3.63, 3.8) is 0 Å². The fraction of sp³-hybridized carbons (Fsp3) is 0.455. The molecule has 0 saturated heterocycles. The lowest BCUT2D eigenvalue weighted by molar-refractivity contribution is 0.443. The van der Waals surface area contributed by atoms with Crippen molar-refractivity contribution in [1.82, 2.24) is 0 Å². The maximum atomic E-state index is 9.51. The molecule has 1 aromatic carbocycles. The molecule has 2 nitrogen and oxygen atoms in total. The molecule has 1 aromatic rings. The first-order valence-electron chi connectivity index (χ1n) is 4.71. The minimum absolute atomic E-state index is 0.0718. The molecule has 0 aliphatic carbocycles. The molecule has 0 bridgehead atoms. The number of hydrogen-bond acceptors (Lipinski definition) is 2. The standard InChI is InChI=1S/C11H15ClO2/c1-7(2)3-4-8-5-9(12)11(14)6-10(8)13/h5-7,13-14H,3-4H2,1-2H3. The number of benzene rings is 1. The van der Waals surface area contributed by atoms with E-state index in [9.17, 15) is 10.2 Å². The fourth-order valence-electron chi connectivity index (χ4n) is 1.24. The normalized spacial score (nSPS) is 10.9. The van der Waals surface area contributed by atoms with Crippen molar-refractivity contribution in [3.05, 3.63) is 22.7 Å². The zero-order valence-electron chi connectivity index (χ0n) is 8.42. The van der Waals surface area contributed by atoms with Crippen molar-refractivity contribution in [2.24, 2.45) is 5.92 Å². The summed E-state index contributed by atoms with van der Waals surface area (Å²) in [5.74, 6) is 0.631. The smallest absolute Gasteiger partial charge is 0.137 e. The Balaban J connectivity index is 2.82. The van der Waals surface area contributed by atoms with Gasteiger partial charge in [0.25, 0.3) is 0 Å². The van der Waals surface area contributed by atoms with Crippen LogP contribution in [0.4, 0.5) is 0 Å². The van der Waals surface area contributed by atoms with E-state index in [4.69, 9.17) is 11.6 Å². The lowest BCUT2D eigenvalue weighted by Crippen LogP contribution is -1.92. The molecule has 0 atom stereocenters. The van der Waals surface area contributed by atoms with Crippen LogP contribution in [-0.2, 0) is 6.42 Å². The van der Waals surface area contributed by atoms with Crippen LogP contribution in [0, 0.1) is 5.92 Å². The topological polar surface area (TPSA) is 40.5 Å². The van der Waals surface area contributed by atoms with E-state index < -0.39 is 0 Å². The Morgan fingerprint density at radius 1 is 1.21 bits per heavy atom. The predicted octanol–water partition coefficient (Wildman–Crippen LogP) is 3.34. The molecule has 0 aliphatic rings. The van der Waals surface area contributed by atoms with Gasteiger partial charge in [0, 0.05) is 6.07 Å². The van der Waals surface area contributed by atoms with Gasteiger partial charge >= 0.3 is 0 Å². The Morgan fingerprint density at radius 3 is 2.43 bits per heavy atom. The van der Waals surface area contributed by atoms with Crippen LogP contribution in [0.15, 0.2) is 12.1 Å². The van der Waals surface area contributed by atoms with Gasteiger partial charge in [-0.25, -0.2) is 0 Å². The van der Waals surface area contributed by atoms with Gasteiger partial charge in [0.2, 0.25) is 0 Å². The average molecular weight is 215 g/mol. The van der Waals surface area contributed by atoms with Crippen molar-refractivity contribution >= 4 is 11.6 Å². The van der Waals surface area contributed by atoms with Crippen LogP contribution in [0.25, 0.3) is 0 Å². The maximum absolute atomic E-state index is 9.51. The van der Waals surface area contributed by atoms with E-state index in [1.165, 1.54) is 6.07 Å². The molecule has 0 aromatic heterocycles. The third-order valence-electron chi connectivity index (χ3n) is 2.14. The van der Waals surface area contributed by atoms with Crippen molar-refractivity contribution < 1.29 is 10.2 Å². The SMILES string of the molecule is CC(C)CCc1cc(Cl)c(O)cc1O. The van der Waals surface area contributed by atoms with Crippen molar-refractivity contribution in [1.29, 1.82) is 0 Å². The van der Waals surface area contributed by atoms with Crippen molar-refractivity contribution in [2.75, 3.05) is 0 Å². The molecule has 1 rings (SSSR count). The van der Waals surface area contributed by atoms with Gasteiger partial charge in [0.05, 0.1) is 5.02 Å². The Labute approximate surface area is 89.1 Å². The summed E-state index contributed by atoms with van der Waals surface area (Å²) < 4.78 is 0. The van der Waals surface area contributed by atoms with Gasteiger partial charge in [0.15, 0.2) is 0 Å². The summed E-state index contributed by atoms with van der Waals surface area (Å²) in [7, 11) is 0. The summed E-state index contributed by atoms with van der Waals surface area (Å²) in [5, 5.41) is 19.0. The molecule has 3 heteroatoms. The van der Waals surface area contributed by atoms with E-state index in [0.717, 1.165) is 18.4 Å². The molecule has 0 aliphatic heterocycles. The molecule has 78 valence electrons. The number of rotatable bonds is 3. The molecule has 0 spiro atoms. The van der Waals surface area contributed by atoms with E-state index >= 15 is 0 Å². The Hall–Kier alpha value is -0.890. The Kier molecular flexibility index (Phi) is 3.64. The second-order valence-electron chi connectivity index (χ2n) is 3.86. The van der Waals surface area contributed by atoms with Crippen LogP contribution in [0.1, 0.15) is 25.8 Å². The zero-order chi connectivity index (χ0) is 10.7. The van der Waals surface area contributed by atoms with E-state index in [-0.39, 0.29) is 11.5 Å². The number of halogens is 1. The third kappa shape index (κ3) is 2.81. The first-order valence-corrected chi connectivity index (χ1v) is 5.09. The number of aryl methyl sites for hydroxylation is 1. The number of hydrogen-bond donors (Lipinski definition) is 2. The summed E-state index contributed by atoms with van der Waals surface area (Å²) in [5.41, 5.74) is 0.793. The largest absolute Gasteiger partial charge is 0.508 e. The van der Waals surface area contributed by atoms with Gasteiger partial charge in [0.1, 0.15) is 11.5 Å². The van der Waals surface area contributed by atoms with Gasteiger partial charge in [-0.3, -0.25) is 0 Å². The second kappa shape index (κ2) is 4.56. The first-order chi connectivity index (χ1) is 6.50. The van der Waals surface area contributed by atoms with Crippen LogP contribution in [0.2, 0.25) is 5.02 Å². The van der Waals surface area contributed by atoms with Crippen LogP contribution < -0.4 is 0 Å². The molecule has 14 heavy (non-hydrogen) atoms. The highest BCUT2D eigenvalue weighted by molar-refractivity contribution is 6.32. The monoisotopic (exact) mass is 214 g/mol. The summed E-state index contributed by atoms with van der Waals surface area (Å²) in [6.07, 6.45) is 1.78. The number of phenolic OH excluding ortho intramolecular Hbond substituents is 2. The first kappa shape index (κ1) is 11.2. The van der Waals surface area contributed by atoms with Crippen LogP contribution >= 0.6 is 11.6 Å². The predicted molar refractivity (Wildman–Crippen MR) is 57.9 cm³/mol. The van der Waals surface area contributed by atoms with Crippen LogP contribution in [0.3, 0.4) is 0 Å². The lowest BCUT2D eigenvalue weighted by atomic mass is 10.0. The van der Waals surface area contributed by atoms with Crippen molar-refractivity contribution in [2.45, 2.75) is 26.7 Å². The van der Waals surface area contributed by atoms with E-state index in [0.29, 0.717) is 10.9 Å². The summed E-state index contributed by atoms with van der Waals surface area (Å²) >= 11 is 5.74. The molecule has 2 N–H and O–H groups in total. The van der Waals surface area contributed by atoms with Gasteiger partial charge in [-0.05, 0) is 30.4 Å². The van der Waals surface area contributed by atoms with Gasteiger partial charge < -0.3 is 10.2 Å². The summed E-state index contributed by atoms with van der Waals surface area (Å²) in [6, 6.07) is 2.91. The highest BCUT2D eigenvalue weighted by atomic mass is 35.5. The fourth-order valence-corrected chi connectivity index (χ4v) is 1.42. The highest BCUT2D eigenvalue weighted by Gasteiger charge is 2.07. The minimum atomic E-state index is -0.0718. The number of aromatic hydroxyl groups is 2. The van der Waals surface area contributed by atoms with E-state index in [1.54, 1.807) is 6.07 Å². The molecular weight excluding hydrogens is 200 g/mol. The zero-order valence-corrected chi connectivity index (χ0v) is 9.17. The molecular formula is C11H15ClO2. The third-order valence-corrected chi connectivity index (χ3v) is 2.44. The minimum Gasteiger partial charge on any atom is -0.508 e. The Morgan fingerprint density at radius 2 is 1.86 bits per heavy atom. The quantitative estimate of drug-likeness (QED) is 0.810. The molecule has 0 amide bonds. The molecule has 0 radical (unpaired) electrons. The van der Waals surface area contributed by atoms with E-state index in [2.05, 4.69) is 13.8 Å². The molecule has 0 heterocycles.